The molecule has 3 atom stereocenters. The number of hydrogen-bond donors (Lipinski definition) is 2. The fraction of sp³-hybridized carbons (Fsp3) is 0.556. The summed E-state index contributed by atoms with van der Waals surface area (Å²) in [5.41, 5.74) is 5.52. The van der Waals surface area contributed by atoms with Gasteiger partial charge in [-0.3, -0.25) is 0 Å². The zero-order valence-corrected chi connectivity index (χ0v) is 18.9. The van der Waals surface area contributed by atoms with Gasteiger partial charge >= 0.3 is 0 Å². The summed E-state index contributed by atoms with van der Waals surface area (Å²) in [5, 5.41) is 20.4. The molecule has 0 unspecified atom stereocenters. The molecule has 2 aromatic carbocycles. The van der Waals surface area contributed by atoms with Gasteiger partial charge in [-0.05, 0) is 71.8 Å². The molecule has 2 saturated carbocycles. The summed E-state index contributed by atoms with van der Waals surface area (Å²) in [6.07, 6.45) is 9.35. The smallest absolute Gasteiger partial charge is 0.0854 e. The molecular weight excluding hydrogens is 408 g/mol. The molecule has 3 fully saturated rings. The van der Waals surface area contributed by atoms with Crippen molar-refractivity contribution in [2.24, 2.45) is 5.41 Å². The lowest BCUT2D eigenvalue weighted by Crippen LogP contribution is -2.33. The van der Waals surface area contributed by atoms with Crippen molar-refractivity contribution in [3.8, 4) is 0 Å². The van der Waals surface area contributed by atoms with Crippen LogP contribution in [-0.2, 0) is 11.2 Å². The number of ether oxygens (including phenoxy) is 1. The van der Waals surface area contributed by atoms with E-state index in [0.29, 0.717) is 18.3 Å². The quantitative estimate of drug-likeness (QED) is 0.604. The number of halogens is 1. The molecule has 2 aliphatic carbocycles. The molecule has 3 aliphatic rings. The van der Waals surface area contributed by atoms with Crippen LogP contribution in [0.3, 0.4) is 0 Å². The Labute approximate surface area is 190 Å². The van der Waals surface area contributed by atoms with Crippen LogP contribution in [0.1, 0.15) is 85.6 Å². The predicted molar refractivity (Wildman–Crippen MR) is 124 cm³/mol. The van der Waals surface area contributed by atoms with E-state index in [0.717, 1.165) is 28.5 Å². The minimum Gasteiger partial charge on any atom is -0.394 e. The van der Waals surface area contributed by atoms with Crippen molar-refractivity contribution < 1.29 is 14.9 Å². The maximum Gasteiger partial charge on any atom is 0.0854 e. The van der Waals surface area contributed by atoms with Crippen molar-refractivity contribution in [1.29, 1.82) is 0 Å². The van der Waals surface area contributed by atoms with Crippen LogP contribution in [0, 0.1) is 5.41 Å². The van der Waals surface area contributed by atoms with Gasteiger partial charge in [0.1, 0.15) is 0 Å². The van der Waals surface area contributed by atoms with Crippen LogP contribution in [0.5, 0.6) is 0 Å². The highest BCUT2D eigenvalue weighted by molar-refractivity contribution is 6.31. The van der Waals surface area contributed by atoms with Gasteiger partial charge in [-0.15, -0.1) is 0 Å². The highest BCUT2D eigenvalue weighted by Gasteiger charge is 2.45. The van der Waals surface area contributed by atoms with E-state index in [2.05, 4.69) is 30.3 Å². The molecule has 0 radical (unpaired) electrons. The summed E-state index contributed by atoms with van der Waals surface area (Å²) in [4.78, 5) is 0. The summed E-state index contributed by atoms with van der Waals surface area (Å²) >= 11 is 6.52. The third kappa shape index (κ3) is 4.57. The second kappa shape index (κ2) is 8.86. The fourth-order valence-electron chi connectivity index (χ4n) is 6.13. The summed E-state index contributed by atoms with van der Waals surface area (Å²) in [7, 11) is 0. The maximum absolute atomic E-state index is 10.1. The first-order valence-electron chi connectivity index (χ1n) is 11.9. The molecule has 5 rings (SSSR count). The third-order valence-electron chi connectivity index (χ3n) is 7.89. The fourth-order valence-corrected chi connectivity index (χ4v) is 6.32. The second-order valence-electron chi connectivity index (χ2n) is 10.1. The molecule has 166 valence electrons. The number of aliphatic hydroxyl groups excluding tert-OH is 2. The number of hydrogen-bond acceptors (Lipinski definition) is 3. The lowest BCUT2D eigenvalue weighted by atomic mass is 9.59. The molecule has 0 amide bonds. The maximum atomic E-state index is 10.1. The molecule has 0 aromatic heterocycles. The van der Waals surface area contributed by atoms with E-state index in [9.17, 15) is 10.2 Å². The molecule has 1 aliphatic heterocycles. The van der Waals surface area contributed by atoms with Gasteiger partial charge in [0.25, 0.3) is 0 Å². The molecule has 4 heteroatoms. The largest absolute Gasteiger partial charge is 0.394 e. The first-order chi connectivity index (χ1) is 15.0. The highest BCUT2D eigenvalue weighted by Crippen LogP contribution is 2.59. The average molecular weight is 441 g/mol. The monoisotopic (exact) mass is 440 g/mol. The predicted octanol–water partition coefficient (Wildman–Crippen LogP) is 5.94. The normalized spacial score (nSPS) is 28.0. The molecule has 31 heavy (non-hydrogen) atoms. The molecule has 3 nitrogen and oxygen atoms in total. The molecular formula is C27H33ClO3. The summed E-state index contributed by atoms with van der Waals surface area (Å²) in [6, 6.07) is 15.1. The van der Waals surface area contributed by atoms with Crippen LogP contribution in [-0.4, -0.2) is 29.0 Å². The van der Waals surface area contributed by atoms with Gasteiger partial charge in [-0.1, -0.05) is 60.8 Å². The first-order valence-corrected chi connectivity index (χ1v) is 12.2. The van der Waals surface area contributed by atoms with E-state index < -0.39 is 6.10 Å². The standard InChI is InChI=1S/C27H33ClO3/c28-25-8-7-20(26-14-23(30)13-24(17-29)31-26)12-21(25)11-18-3-5-19(6-4-18)22-15-27(16-22)9-1-2-10-27/h3-8,12,22-24,26,29-30H,1-2,9-11,13-17H2/t23-,24-,26+/m0/s1. The van der Waals surface area contributed by atoms with E-state index in [1.807, 2.05) is 12.1 Å². The van der Waals surface area contributed by atoms with Crippen LogP contribution in [0.2, 0.25) is 5.02 Å². The summed E-state index contributed by atoms with van der Waals surface area (Å²) in [5.74, 6) is 0.744. The Morgan fingerprint density at radius 3 is 2.39 bits per heavy atom. The van der Waals surface area contributed by atoms with Crippen molar-refractivity contribution in [3.05, 3.63) is 69.7 Å². The SMILES string of the molecule is OC[C@@H]1C[C@H](O)C[C@H](c2ccc(Cl)c(Cc3ccc(C4CC5(CCCC5)C4)cc3)c2)O1. The van der Waals surface area contributed by atoms with E-state index in [-0.39, 0.29) is 18.8 Å². The second-order valence-corrected chi connectivity index (χ2v) is 10.5. The van der Waals surface area contributed by atoms with Gasteiger partial charge < -0.3 is 14.9 Å². The van der Waals surface area contributed by atoms with E-state index >= 15 is 0 Å². The topological polar surface area (TPSA) is 49.7 Å². The van der Waals surface area contributed by atoms with Crippen molar-refractivity contribution >= 4 is 11.6 Å². The van der Waals surface area contributed by atoms with Gasteiger partial charge in [0.2, 0.25) is 0 Å². The van der Waals surface area contributed by atoms with E-state index in [1.54, 1.807) is 0 Å². The van der Waals surface area contributed by atoms with Crippen molar-refractivity contribution in [2.75, 3.05) is 6.61 Å². The zero-order chi connectivity index (χ0) is 21.4. The minimum absolute atomic E-state index is 0.0670. The van der Waals surface area contributed by atoms with E-state index in [4.69, 9.17) is 16.3 Å². The first kappa shape index (κ1) is 21.5. The molecule has 0 bridgehead atoms. The van der Waals surface area contributed by atoms with Crippen molar-refractivity contribution in [2.45, 2.75) is 82.0 Å². The lowest BCUT2D eigenvalue weighted by Gasteiger charge is -2.46. The van der Waals surface area contributed by atoms with E-state index in [1.165, 1.54) is 49.7 Å². The molecule has 2 N–H and O–H groups in total. The Hall–Kier alpha value is -1.39. The summed E-state index contributed by atoms with van der Waals surface area (Å²) < 4.78 is 5.98. The Morgan fingerprint density at radius 1 is 0.968 bits per heavy atom. The Bertz CT molecular complexity index is 895. The van der Waals surface area contributed by atoms with Crippen LogP contribution < -0.4 is 0 Å². The Kier molecular flexibility index (Phi) is 6.13. The minimum atomic E-state index is -0.447. The van der Waals surface area contributed by atoms with Crippen LogP contribution in [0.4, 0.5) is 0 Å². The van der Waals surface area contributed by atoms with Gasteiger partial charge in [0.05, 0.1) is 24.9 Å². The highest BCUT2D eigenvalue weighted by atomic mass is 35.5. The Morgan fingerprint density at radius 2 is 1.68 bits per heavy atom. The van der Waals surface area contributed by atoms with Crippen LogP contribution in [0.15, 0.2) is 42.5 Å². The number of aliphatic hydroxyl groups is 2. The third-order valence-corrected chi connectivity index (χ3v) is 8.26. The Balaban J connectivity index is 1.26. The number of benzene rings is 2. The molecule has 1 saturated heterocycles. The molecule has 1 heterocycles. The van der Waals surface area contributed by atoms with Crippen molar-refractivity contribution in [1.82, 2.24) is 0 Å². The van der Waals surface area contributed by atoms with Crippen molar-refractivity contribution in [3.63, 3.8) is 0 Å². The van der Waals surface area contributed by atoms with Gasteiger partial charge in [-0.25, -0.2) is 0 Å². The van der Waals surface area contributed by atoms with Crippen LogP contribution >= 0.6 is 11.6 Å². The van der Waals surface area contributed by atoms with Gasteiger partial charge in [0, 0.05) is 17.9 Å². The van der Waals surface area contributed by atoms with Crippen LogP contribution in [0.25, 0.3) is 0 Å². The number of rotatable bonds is 5. The van der Waals surface area contributed by atoms with Gasteiger partial charge in [0.15, 0.2) is 0 Å². The lowest BCUT2D eigenvalue weighted by molar-refractivity contribution is -0.113. The zero-order valence-electron chi connectivity index (χ0n) is 18.1. The molecule has 1 spiro atoms. The average Bonchev–Trinajstić information content (AvgIpc) is 3.25. The summed E-state index contributed by atoms with van der Waals surface area (Å²) in [6.45, 7) is -0.0670. The molecule has 2 aromatic rings. The van der Waals surface area contributed by atoms with Gasteiger partial charge in [-0.2, -0.15) is 0 Å².